The van der Waals surface area contributed by atoms with Crippen molar-refractivity contribution in [2.24, 2.45) is 7.05 Å². The molecular formula is C20H22N6O4. The van der Waals surface area contributed by atoms with E-state index in [1.807, 2.05) is 31.2 Å². The average Bonchev–Trinajstić information content (AvgIpc) is 3.37. The Morgan fingerprint density at radius 1 is 1.20 bits per heavy atom. The molecule has 1 aliphatic rings. The number of amides is 2. The quantitative estimate of drug-likeness (QED) is 0.523. The highest BCUT2D eigenvalue weighted by Gasteiger charge is 2.38. The number of nitrogens with zero attached hydrogens (tertiary/aromatic N) is 5. The summed E-state index contributed by atoms with van der Waals surface area (Å²) in [6.07, 6.45) is 0.737. The molecule has 2 amide bonds. The van der Waals surface area contributed by atoms with Crippen molar-refractivity contribution >= 4 is 28.4 Å². The standard InChI is InChI=1S/C20H22N6O4/c1-12-15(14-7-4-5-8-16(14)21-12)11-17(27)24-9-6-10-25(24)20(28)19-18(26(29)30)13(2)22-23(19)3/h4-5,7-8,21H,6,9-11H2,1-3H3. The third-order valence-corrected chi connectivity index (χ3v) is 5.48. The number of nitrogens with one attached hydrogen (secondary N) is 1. The highest BCUT2D eigenvalue weighted by Crippen LogP contribution is 2.27. The number of hydrogen-bond donors (Lipinski definition) is 1. The van der Waals surface area contributed by atoms with E-state index >= 15 is 0 Å². The van der Waals surface area contributed by atoms with Crippen LogP contribution in [0.5, 0.6) is 0 Å². The number of carbonyl (C=O) groups is 2. The molecule has 1 aliphatic heterocycles. The summed E-state index contributed by atoms with van der Waals surface area (Å²) in [7, 11) is 1.49. The molecular weight excluding hydrogens is 388 g/mol. The van der Waals surface area contributed by atoms with E-state index < -0.39 is 10.8 Å². The Morgan fingerprint density at radius 3 is 2.63 bits per heavy atom. The topological polar surface area (TPSA) is 117 Å². The van der Waals surface area contributed by atoms with Crippen LogP contribution in [-0.2, 0) is 18.3 Å². The molecule has 3 heterocycles. The van der Waals surface area contributed by atoms with Crippen LogP contribution >= 0.6 is 0 Å². The molecule has 0 unspecified atom stereocenters. The van der Waals surface area contributed by atoms with Crippen LogP contribution in [0.3, 0.4) is 0 Å². The number of aromatic amines is 1. The zero-order chi connectivity index (χ0) is 21.6. The second-order valence-corrected chi connectivity index (χ2v) is 7.41. The largest absolute Gasteiger partial charge is 0.358 e. The third-order valence-electron chi connectivity index (χ3n) is 5.48. The smallest absolute Gasteiger partial charge is 0.322 e. The molecule has 0 radical (unpaired) electrons. The van der Waals surface area contributed by atoms with Gasteiger partial charge in [-0.2, -0.15) is 5.10 Å². The number of hydrazine groups is 1. The summed E-state index contributed by atoms with van der Waals surface area (Å²) in [6, 6.07) is 7.74. The summed E-state index contributed by atoms with van der Waals surface area (Å²) >= 11 is 0. The lowest BCUT2D eigenvalue weighted by molar-refractivity contribution is -0.385. The zero-order valence-electron chi connectivity index (χ0n) is 17.0. The van der Waals surface area contributed by atoms with Gasteiger partial charge in [-0.05, 0) is 31.9 Å². The minimum Gasteiger partial charge on any atom is -0.358 e. The monoisotopic (exact) mass is 410 g/mol. The minimum absolute atomic E-state index is 0.125. The van der Waals surface area contributed by atoms with E-state index in [-0.39, 0.29) is 29.4 Å². The molecule has 0 saturated carbocycles. The van der Waals surface area contributed by atoms with Crippen LogP contribution in [0, 0.1) is 24.0 Å². The summed E-state index contributed by atoms with van der Waals surface area (Å²) in [5, 5.41) is 19.2. The van der Waals surface area contributed by atoms with Gasteiger partial charge in [0.25, 0.3) is 5.91 Å². The highest BCUT2D eigenvalue weighted by atomic mass is 16.6. The van der Waals surface area contributed by atoms with Gasteiger partial charge in [-0.3, -0.25) is 29.4 Å². The predicted molar refractivity (Wildman–Crippen MR) is 109 cm³/mol. The Bertz CT molecular complexity index is 1180. The molecule has 30 heavy (non-hydrogen) atoms. The van der Waals surface area contributed by atoms with Gasteiger partial charge in [-0.15, -0.1) is 0 Å². The lowest BCUT2D eigenvalue weighted by Gasteiger charge is -2.27. The molecule has 156 valence electrons. The molecule has 10 heteroatoms. The number of rotatable bonds is 4. The molecule has 1 N–H and O–H groups in total. The van der Waals surface area contributed by atoms with Crippen LogP contribution in [0.15, 0.2) is 24.3 Å². The summed E-state index contributed by atoms with van der Waals surface area (Å²) in [4.78, 5) is 40.4. The highest BCUT2D eigenvalue weighted by molar-refractivity contribution is 5.98. The Hall–Kier alpha value is -3.69. The number of nitro groups is 1. The van der Waals surface area contributed by atoms with E-state index in [1.165, 1.54) is 28.7 Å². The van der Waals surface area contributed by atoms with Crippen molar-refractivity contribution in [2.45, 2.75) is 26.7 Å². The number of H-pyrrole nitrogens is 1. The van der Waals surface area contributed by atoms with Crippen LogP contribution in [0.1, 0.15) is 33.9 Å². The predicted octanol–water partition coefficient (Wildman–Crippen LogP) is 2.26. The van der Waals surface area contributed by atoms with Crippen LogP contribution in [0.25, 0.3) is 10.9 Å². The molecule has 3 aromatic rings. The van der Waals surface area contributed by atoms with Crippen molar-refractivity contribution in [2.75, 3.05) is 13.1 Å². The molecule has 1 fully saturated rings. The van der Waals surface area contributed by atoms with Crippen LogP contribution in [0.2, 0.25) is 0 Å². The first-order valence-electron chi connectivity index (χ1n) is 9.66. The van der Waals surface area contributed by atoms with Crippen LogP contribution < -0.4 is 0 Å². The van der Waals surface area contributed by atoms with E-state index in [1.54, 1.807) is 0 Å². The summed E-state index contributed by atoms with van der Waals surface area (Å²) < 4.78 is 1.21. The van der Waals surface area contributed by atoms with Gasteiger partial charge in [0.15, 0.2) is 0 Å². The molecule has 0 bridgehead atoms. The van der Waals surface area contributed by atoms with Gasteiger partial charge in [0, 0.05) is 36.7 Å². The molecule has 1 aromatic carbocycles. The SMILES string of the molecule is Cc1nn(C)c(C(=O)N2CCCN2C(=O)Cc2c(C)[nH]c3ccccc23)c1[N+](=O)[O-]. The number of carbonyl (C=O) groups excluding carboxylic acids is 2. The fourth-order valence-corrected chi connectivity index (χ4v) is 4.11. The fraction of sp³-hybridized carbons (Fsp3) is 0.350. The lowest BCUT2D eigenvalue weighted by atomic mass is 10.1. The van der Waals surface area contributed by atoms with Crippen LogP contribution in [0.4, 0.5) is 5.69 Å². The van der Waals surface area contributed by atoms with E-state index in [0.717, 1.165) is 22.2 Å². The molecule has 0 aliphatic carbocycles. The Balaban J connectivity index is 1.63. The third kappa shape index (κ3) is 3.10. The number of hydrogen-bond acceptors (Lipinski definition) is 5. The number of para-hydroxylation sites is 1. The number of aromatic nitrogens is 3. The van der Waals surface area contributed by atoms with Crippen molar-refractivity contribution in [3.05, 3.63) is 57.0 Å². The first kappa shape index (κ1) is 19.6. The van der Waals surface area contributed by atoms with Gasteiger partial charge in [-0.25, -0.2) is 5.01 Å². The number of fused-ring (bicyclic) bond motifs is 1. The van der Waals surface area contributed by atoms with Gasteiger partial charge in [-0.1, -0.05) is 18.2 Å². The summed E-state index contributed by atoms with van der Waals surface area (Å²) in [5.41, 5.74) is 2.46. The maximum atomic E-state index is 13.2. The Morgan fingerprint density at radius 2 is 1.90 bits per heavy atom. The van der Waals surface area contributed by atoms with Crippen molar-refractivity contribution in [1.29, 1.82) is 0 Å². The summed E-state index contributed by atoms with van der Waals surface area (Å²) in [5.74, 6) is -0.818. The van der Waals surface area contributed by atoms with E-state index in [4.69, 9.17) is 0 Å². The molecule has 4 rings (SSSR count). The molecule has 0 atom stereocenters. The van der Waals surface area contributed by atoms with Crippen molar-refractivity contribution in [1.82, 2.24) is 24.8 Å². The zero-order valence-corrected chi connectivity index (χ0v) is 17.0. The van der Waals surface area contributed by atoms with Gasteiger partial charge in [0.2, 0.25) is 11.6 Å². The van der Waals surface area contributed by atoms with E-state index in [0.29, 0.717) is 19.5 Å². The molecule has 10 nitrogen and oxygen atoms in total. The number of benzene rings is 1. The average molecular weight is 410 g/mol. The Kier molecular flexibility index (Phi) is 4.76. The Labute approximate surface area is 172 Å². The summed E-state index contributed by atoms with van der Waals surface area (Å²) in [6.45, 7) is 4.11. The van der Waals surface area contributed by atoms with Crippen molar-refractivity contribution < 1.29 is 14.5 Å². The normalized spacial score (nSPS) is 14.0. The van der Waals surface area contributed by atoms with E-state index in [2.05, 4.69) is 10.1 Å². The fourth-order valence-electron chi connectivity index (χ4n) is 4.11. The maximum Gasteiger partial charge on any atom is 0.322 e. The van der Waals surface area contributed by atoms with Gasteiger partial charge in [0.1, 0.15) is 5.69 Å². The van der Waals surface area contributed by atoms with E-state index in [9.17, 15) is 19.7 Å². The number of aryl methyl sites for hydroxylation is 3. The maximum absolute atomic E-state index is 13.2. The van der Waals surface area contributed by atoms with Gasteiger partial charge in [0.05, 0.1) is 11.3 Å². The molecule has 2 aromatic heterocycles. The van der Waals surface area contributed by atoms with Crippen molar-refractivity contribution in [3.63, 3.8) is 0 Å². The lowest BCUT2D eigenvalue weighted by Crippen LogP contribution is -2.46. The van der Waals surface area contributed by atoms with Crippen molar-refractivity contribution in [3.8, 4) is 0 Å². The van der Waals surface area contributed by atoms with Gasteiger partial charge >= 0.3 is 5.69 Å². The second-order valence-electron chi connectivity index (χ2n) is 7.41. The molecule has 1 saturated heterocycles. The van der Waals surface area contributed by atoms with Gasteiger partial charge < -0.3 is 4.98 Å². The first-order chi connectivity index (χ1) is 14.3. The first-order valence-corrected chi connectivity index (χ1v) is 9.66. The minimum atomic E-state index is -0.604. The molecule has 0 spiro atoms. The van der Waals surface area contributed by atoms with Crippen LogP contribution in [-0.4, -0.2) is 54.6 Å². The second kappa shape index (κ2) is 7.29.